The van der Waals surface area contributed by atoms with Crippen LogP contribution in [0, 0.1) is 51.2 Å². The lowest BCUT2D eigenvalue weighted by atomic mass is 9.33. The lowest BCUT2D eigenvalue weighted by molar-refractivity contribution is -0.216. The SMILES string of the molecule is CCOC(=O)C1CC=C(C2=CCC3(C)C(CCC4(C)C3CC[C@@H]3C5CCC[C@]5(N)CC[C@]34C)C2(C)C)CC1. The van der Waals surface area contributed by atoms with Gasteiger partial charge < -0.3 is 10.5 Å². The Kier molecular flexibility index (Phi) is 6.39. The first-order valence-electron chi connectivity index (χ1n) is 16.3. The number of fused-ring (bicyclic) bond motifs is 7. The monoisotopic (exact) mass is 521 g/mol. The summed E-state index contributed by atoms with van der Waals surface area (Å²) in [5.74, 6) is 3.15. The van der Waals surface area contributed by atoms with E-state index in [4.69, 9.17) is 10.5 Å². The zero-order chi connectivity index (χ0) is 27.1. The summed E-state index contributed by atoms with van der Waals surface area (Å²) in [6.07, 6.45) is 21.2. The van der Waals surface area contributed by atoms with Crippen molar-refractivity contribution in [3.63, 3.8) is 0 Å². The Labute approximate surface area is 232 Å². The van der Waals surface area contributed by atoms with E-state index in [1.165, 1.54) is 69.8 Å². The van der Waals surface area contributed by atoms with Crippen molar-refractivity contribution in [1.82, 2.24) is 0 Å². The minimum atomic E-state index is -0.00452. The summed E-state index contributed by atoms with van der Waals surface area (Å²) in [5.41, 5.74) is 11.8. The molecule has 6 rings (SSSR count). The maximum absolute atomic E-state index is 12.3. The van der Waals surface area contributed by atoms with Gasteiger partial charge in [0.1, 0.15) is 0 Å². The van der Waals surface area contributed by atoms with E-state index in [0.717, 1.165) is 42.9 Å². The standard InChI is InChI=1S/C35H55NO2/c1-7-38-30(37)24-12-10-23(11-13-24)25-16-19-32(4)28(31(25,2)3)17-20-34(6)29(32)15-14-26-27-9-8-18-35(27,36)22-21-33(26,34)5/h10,16,24,26-29H,7-9,11-15,17-22,36H2,1-6H3/t24?,26-,27?,28?,29?,32?,33-,34?,35+/m1/s1. The largest absolute Gasteiger partial charge is 0.466 e. The summed E-state index contributed by atoms with van der Waals surface area (Å²) in [5, 5.41) is 0. The molecule has 0 spiro atoms. The van der Waals surface area contributed by atoms with E-state index < -0.39 is 0 Å². The summed E-state index contributed by atoms with van der Waals surface area (Å²) >= 11 is 0. The highest BCUT2D eigenvalue weighted by atomic mass is 16.5. The van der Waals surface area contributed by atoms with Crippen LogP contribution in [0.2, 0.25) is 0 Å². The molecule has 0 bridgehead atoms. The molecule has 2 N–H and O–H groups in total. The van der Waals surface area contributed by atoms with Crippen LogP contribution in [0.3, 0.4) is 0 Å². The van der Waals surface area contributed by atoms with E-state index in [0.29, 0.717) is 22.9 Å². The first kappa shape index (κ1) is 27.1. The molecule has 0 aromatic heterocycles. The second kappa shape index (κ2) is 8.95. The Hall–Kier alpha value is -1.09. The van der Waals surface area contributed by atoms with Gasteiger partial charge in [0.25, 0.3) is 0 Å². The van der Waals surface area contributed by atoms with E-state index in [-0.39, 0.29) is 22.8 Å². The fourth-order valence-corrected chi connectivity index (χ4v) is 12.3. The molecule has 6 unspecified atom stereocenters. The van der Waals surface area contributed by atoms with Gasteiger partial charge in [0, 0.05) is 5.54 Å². The van der Waals surface area contributed by atoms with Crippen LogP contribution in [0.25, 0.3) is 0 Å². The zero-order valence-corrected chi connectivity index (χ0v) is 25.3. The van der Waals surface area contributed by atoms with E-state index in [1.54, 1.807) is 5.57 Å². The molecule has 0 saturated heterocycles. The van der Waals surface area contributed by atoms with Crippen LogP contribution < -0.4 is 5.73 Å². The Morgan fingerprint density at radius 2 is 1.68 bits per heavy atom. The van der Waals surface area contributed by atoms with Gasteiger partial charge in [-0.25, -0.2) is 0 Å². The molecule has 0 aromatic rings. The molecule has 0 aliphatic heterocycles. The lowest BCUT2D eigenvalue weighted by Crippen LogP contribution is -2.66. The number of hydrogen-bond donors (Lipinski definition) is 1. The van der Waals surface area contributed by atoms with Crippen molar-refractivity contribution in [3.05, 3.63) is 23.3 Å². The molecule has 3 nitrogen and oxygen atoms in total. The van der Waals surface area contributed by atoms with Gasteiger partial charge in [-0.1, -0.05) is 53.2 Å². The molecular weight excluding hydrogens is 466 g/mol. The second-order valence-corrected chi connectivity index (χ2v) is 15.9. The maximum Gasteiger partial charge on any atom is 0.309 e. The van der Waals surface area contributed by atoms with Gasteiger partial charge >= 0.3 is 5.97 Å². The zero-order valence-electron chi connectivity index (χ0n) is 25.3. The van der Waals surface area contributed by atoms with Crippen LogP contribution in [0.1, 0.15) is 125 Å². The van der Waals surface area contributed by atoms with Crippen molar-refractivity contribution in [1.29, 1.82) is 0 Å². The number of carbonyl (C=O) groups is 1. The number of ether oxygens (including phenoxy) is 1. The van der Waals surface area contributed by atoms with Crippen LogP contribution in [0.5, 0.6) is 0 Å². The molecule has 4 fully saturated rings. The van der Waals surface area contributed by atoms with E-state index >= 15 is 0 Å². The third-order valence-electron chi connectivity index (χ3n) is 14.4. The molecule has 0 aromatic carbocycles. The molecule has 6 aliphatic carbocycles. The molecule has 0 heterocycles. The van der Waals surface area contributed by atoms with Gasteiger partial charge in [-0.05, 0) is 140 Å². The quantitative estimate of drug-likeness (QED) is 0.379. The summed E-state index contributed by atoms with van der Waals surface area (Å²) in [4.78, 5) is 12.3. The van der Waals surface area contributed by atoms with Crippen LogP contribution >= 0.6 is 0 Å². The van der Waals surface area contributed by atoms with Gasteiger partial charge in [0.15, 0.2) is 0 Å². The van der Waals surface area contributed by atoms with Crippen LogP contribution in [-0.4, -0.2) is 18.1 Å². The van der Waals surface area contributed by atoms with E-state index in [9.17, 15) is 4.79 Å². The first-order chi connectivity index (χ1) is 17.9. The second-order valence-electron chi connectivity index (χ2n) is 15.9. The summed E-state index contributed by atoms with van der Waals surface area (Å²) in [7, 11) is 0. The Bertz CT molecular complexity index is 1040. The van der Waals surface area contributed by atoms with E-state index in [2.05, 4.69) is 46.8 Å². The number of carbonyl (C=O) groups excluding carboxylic acids is 1. The molecule has 4 saturated carbocycles. The molecule has 212 valence electrons. The van der Waals surface area contributed by atoms with Gasteiger partial charge in [-0.3, -0.25) is 4.79 Å². The Morgan fingerprint density at radius 3 is 2.39 bits per heavy atom. The van der Waals surface area contributed by atoms with Crippen molar-refractivity contribution in [2.45, 2.75) is 131 Å². The fraction of sp³-hybridized carbons (Fsp3) is 0.857. The summed E-state index contributed by atoms with van der Waals surface area (Å²) < 4.78 is 5.33. The van der Waals surface area contributed by atoms with Crippen molar-refractivity contribution in [3.8, 4) is 0 Å². The highest BCUT2D eigenvalue weighted by molar-refractivity contribution is 5.73. The molecule has 0 radical (unpaired) electrons. The van der Waals surface area contributed by atoms with Crippen LogP contribution in [0.4, 0.5) is 0 Å². The van der Waals surface area contributed by atoms with E-state index in [1.807, 2.05) is 6.92 Å². The predicted octanol–water partition coefficient (Wildman–Crippen LogP) is 8.38. The predicted molar refractivity (Wildman–Crippen MR) is 155 cm³/mol. The lowest BCUT2D eigenvalue weighted by Gasteiger charge is -2.72. The maximum atomic E-state index is 12.3. The van der Waals surface area contributed by atoms with Gasteiger partial charge in [0.2, 0.25) is 0 Å². The van der Waals surface area contributed by atoms with Gasteiger partial charge in [-0.15, -0.1) is 0 Å². The normalized spacial score (nSPS) is 49.5. The van der Waals surface area contributed by atoms with Crippen molar-refractivity contribution in [2.24, 2.45) is 57.0 Å². The fourth-order valence-electron chi connectivity index (χ4n) is 12.3. The Morgan fingerprint density at radius 1 is 0.895 bits per heavy atom. The molecule has 38 heavy (non-hydrogen) atoms. The molecule has 0 amide bonds. The molecule has 9 atom stereocenters. The van der Waals surface area contributed by atoms with Gasteiger partial charge in [0.05, 0.1) is 12.5 Å². The minimum Gasteiger partial charge on any atom is -0.466 e. The Balaban J connectivity index is 1.28. The van der Waals surface area contributed by atoms with Crippen molar-refractivity contribution >= 4 is 5.97 Å². The number of esters is 1. The molecule has 3 heteroatoms. The average molecular weight is 522 g/mol. The highest BCUT2D eigenvalue weighted by Crippen LogP contribution is 2.75. The smallest absolute Gasteiger partial charge is 0.309 e. The summed E-state index contributed by atoms with van der Waals surface area (Å²) in [6, 6.07) is 0. The first-order valence-corrected chi connectivity index (χ1v) is 16.3. The average Bonchev–Trinajstić information content (AvgIpc) is 3.26. The third kappa shape index (κ3) is 3.58. The highest BCUT2D eigenvalue weighted by Gasteiger charge is 2.69. The van der Waals surface area contributed by atoms with Gasteiger partial charge in [-0.2, -0.15) is 0 Å². The number of hydrogen-bond acceptors (Lipinski definition) is 3. The van der Waals surface area contributed by atoms with Crippen LogP contribution in [0.15, 0.2) is 23.3 Å². The number of rotatable bonds is 3. The summed E-state index contributed by atoms with van der Waals surface area (Å²) in [6.45, 7) is 15.6. The van der Waals surface area contributed by atoms with Crippen LogP contribution in [-0.2, 0) is 9.53 Å². The topological polar surface area (TPSA) is 52.3 Å². The third-order valence-corrected chi connectivity index (χ3v) is 14.4. The number of nitrogens with two attached hydrogens (primary N) is 1. The minimum absolute atomic E-state index is 0.00452. The van der Waals surface area contributed by atoms with Crippen molar-refractivity contribution in [2.75, 3.05) is 6.61 Å². The molecule has 6 aliphatic rings. The molecular formula is C35H55NO2. The van der Waals surface area contributed by atoms with Crippen molar-refractivity contribution < 1.29 is 9.53 Å². The number of allylic oxidation sites excluding steroid dienone is 4.